The van der Waals surface area contributed by atoms with E-state index in [1.807, 2.05) is 18.3 Å². The van der Waals surface area contributed by atoms with Gasteiger partial charge in [-0.2, -0.15) is 0 Å². The van der Waals surface area contributed by atoms with Crippen LogP contribution >= 0.6 is 23.2 Å². The maximum atomic E-state index is 12.2. The Morgan fingerprint density at radius 3 is 2.78 bits per heavy atom. The zero-order chi connectivity index (χ0) is 16.4. The van der Waals surface area contributed by atoms with Gasteiger partial charge in [-0.15, -0.1) is 0 Å². The molecule has 23 heavy (non-hydrogen) atoms. The van der Waals surface area contributed by atoms with Crippen molar-refractivity contribution < 1.29 is 9.90 Å². The molecule has 0 saturated heterocycles. The van der Waals surface area contributed by atoms with Crippen molar-refractivity contribution >= 4 is 40.0 Å². The number of H-pyrrole nitrogens is 1. The third kappa shape index (κ3) is 3.50. The molecule has 118 valence electrons. The van der Waals surface area contributed by atoms with E-state index < -0.39 is 6.10 Å². The SMILES string of the molecule is O=C(NCC(O)c1ccc(Cl)cc1Cl)c1ccc2[nH]ccc2c1. The van der Waals surface area contributed by atoms with Gasteiger partial charge < -0.3 is 15.4 Å². The number of hydrogen-bond donors (Lipinski definition) is 3. The molecule has 0 aliphatic carbocycles. The first kappa shape index (κ1) is 15.9. The standard InChI is InChI=1S/C17H14Cl2N2O2/c18-12-2-3-13(14(19)8-12)16(22)9-21-17(23)11-1-4-15-10(7-11)5-6-20-15/h1-8,16,20,22H,9H2,(H,21,23). The first-order chi connectivity index (χ1) is 11.0. The molecular formula is C17H14Cl2N2O2. The number of nitrogens with one attached hydrogen (secondary N) is 2. The van der Waals surface area contributed by atoms with E-state index in [1.54, 1.807) is 30.3 Å². The van der Waals surface area contributed by atoms with Gasteiger partial charge in [0.25, 0.3) is 5.91 Å². The van der Waals surface area contributed by atoms with Gasteiger partial charge in [0.05, 0.1) is 6.10 Å². The minimum Gasteiger partial charge on any atom is -0.387 e. The monoisotopic (exact) mass is 348 g/mol. The molecule has 6 heteroatoms. The Morgan fingerprint density at radius 1 is 1.17 bits per heavy atom. The van der Waals surface area contributed by atoms with Crippen LogP contribution in [0.1, 0.15) is 22.0 Å². The van der Waals surface area contributed by atoms with Crippen LogP contribution in [0, 0.1) is 0 Å². The molecule has 0 spiro atoms. The van der Waals surface area contributed by atoms with E-state index in [4.69, 9.17) is 23.2 Å². The van der Waals surface area contributed by atoms with Crippen molar-refractivity contribution in [3.05, 3.63) is 69.8 Å². The topological polar surface area (TPSA) is 65.1 Å². The molecule has 1 amide bonds. The van der Waals surface area contributed by atoms with Crippen LogP contribution in [0.4, 0.5) is 0 Å². The van der Waals surface area contributed by atoms with Crippen molar-refractivity contribution in [3.8, 4) is 0 Å². The van der Waals surface area contributed by atoms with Crippen LogP contribution in [-0.4, -0.2) is 22.5 Å². The van der Waals surface area contributed by atoms with Crippen LogP contribution in [0.3, 0.4) is 0 Å². The predicted molar refractivity (Wildman–Crippen MR) is 92.1 cm³/mol. The molecule has 0 radical (unpaired) electrons. The Bertz CT molecular complexity index is 861. The Labute approximate surface area is 143 Å². The molecule has 1 aromatic heterocycles. The molecule has 4 nitrogen and oxygen atoms in total. The number of aliphatic hydroxyl groups excluding tert-OH is 1. The van der Waals surface area contributed by atoms with Crippen LogP contribution < -0.4 is 5.32 Å². The quantitative estimate of drug-likeness (QED) is 0.668. The summed E-state index contributed by atoms with van der Waals surface area (Å²) >= 11 is 11.9. The Hall–Kier alpha value is -2.01. The van der Waals surface area contributed by atoms with Gasteiger partial charge in [0.1, 0.15) is 0 Å². The molecule has 0 aliphatic heterocycles. The first-order valence-electron chi connectivity index (χ1n) is 7.03. The van der Waals surface area contributed by atoms with Crippen molar-refractivity contribution in [1.82, 2.24) is 10.3 Å². The Balaban J connectivity index is 1.68. The number of benzene rings is 2. The molecule has 1 unspecified atom stereocenters. The van der Waals surface area contributed by atoms with Crippen LogP contribution in [0.5, 0.6) is 0 Å². The van der Waals surface area contributed by atoms with Crippen LogP contribution in [0.15, 0.2) is 48.7 Å². The highest BCUT2D eigenvalue weighted by Gasteiger charge is 2.14. The molecule has 0 fully saturated rings. The summed E-state index contributed by atoms with van der Waals surface area (Å²) in [6, 6.07) is 12.1. The molecule has 3 N–H and O–H groups in total. The van der Waals surface area contributed by atoms with Crippen molar-refractivity contribution in [3.63, 3.8) is 0 Å². The molecule has 3 rings (SSSR count). The van der Waals surface area contributed by atoms with E-state index in [2.05, 4.69) is 10.3 Å². The van der Waals surface area contributed by atoms with Crippen molar-refractivity contribution in [1.29, 1.82) is 0 Å². The van der Waals surface area contributed by atoms with Gasteiger partial charge in [-0.25, -0.2) is 0 Å². The average molecular weight is 349 g/mol. The summed E-state index contributed by atoms with van der Waals surface area (Å²) in [6.07, 6.45) is 0.915. The third-order valence-electron chi connectivity index (χ3n) is 3.59. The van der Waals surface area contributed by atoms with Gasteiger partial charge in [0, 0.05) is 44.8 Å². The largest absolute Gasteiger partial charge is 0.387 e. The number of aromatic nitrogens is 1. The molecule has 3 aromatic rings. The minimum absolute atomic E-state index is 0.0609. The number of halogens is 2. The smallest absolute Gasteiger partial charge is 0.251 e. The van der Waals surface area contributed by atoms with Crippen LogP contribution in [-0.2, 0) is 0 Å². The summed E-state index contributed by atoms with van der Waals surface area (Å²) in [5.41, 5.74) is 2.03. The fraction of sp³-hybridized carbons (Fsp3) is 0.118. The fourth-order valence-electron chi connectivity index (χ4n) is 2.37. The number of carbonyl (C=O) groups excluding carboxylic acids is 1. The van der Waals surface area contributed by atoms with E-state index in [1.165, 1.54) is 0 Å². The summed E-state index contributed by atoms with van der Waals surface area (Å²) in [4.78, 5) is 15.3. The maximum Gasteiger partial charge on any atom is 0.251 e. The molecule has 0 bridgehead atoms. The lowest BCUT2D eigenvalue weighted by Gasteiger charge is -2.14. The number of hydrogen-bond acceptors (Lipinski definition) is 2. The second-order valence-electron chi connectivity index (χ2n) is 5.17. The highest BCUT2D eigenvalue weighted by atomic mass is 35.5. The van der Waals surface area contributed by atoms with Crippen LogP contribution in [0.25, 0.3) is 10.9 Å². The van der Waals surface area contributed by atoms with Gasteiger partial charge >= 0.3 is 0 Å². The van der Waals surface area contributed by atoms with E-state index in [9.17, 15) is 9.90 Å². The number of aromatic amines is 1. The second-order valence-corrected chi connectivity index (χ2v) is 6.01. The summed E-state index contributed by atoms with van der Waals surface area (Å²) in [6.45, 7) is 0.0609. The van der Waals surface area contributed by atoms with Gasteiger partial charge in [-0.1, -0.05) is 29.3 Å². The predicted octanol–water partition coefficient (Wildman–Crippen LogP) is 3.94. The summed E-state index contributed by atoms with van der Waals surface area (Å²) < 4.78 is 0. The van der Waals surface area contributed by atoms with Gasteiger partial charge in [-0.05, 0) is 36.4 Å². The zero-order valence-corrected chi connectivity index (χ0v) is 13.5. The zero-order valence-electron chi connectivity index (χ0n) is 12.0. The van der Waals surface area contributed by atoms with Gasteiger partial charge in [0.2, 0.25) is 0 Å². The highest BCUT2D eigenvalue weighted by molar-refractivity contribution is 6.35. The van der Waals surface area contributed by atoms with Crippen molar-refractivity contribution in [2.75, 3.05) is 6.54 Å². The van der Waals surface area contributed by atoms with E-state index in [0.717, 1.165) is 10.9 Å². The Kier molecular flexibility index (Phi) is 4.57. The minimum atomic E-state index is -0.903. The molecule has 0 saturated carbocycles. The van der Waals surface area contributed by atoms with Crippen LogP contribution in [0.2, 0.25) is 10.0 Å². The lowest BCUT2D eigenvalue weighted by atomic mass is 10.1. The van der Waals surface area contributed by atoms with E-state index in [-0.39, 0.29) is 12.5 Å². The summed E-state index contributed by atoms with van der Waals surface area (Å²) in [5.74, 6) is -0.253. The van der Waals surface area contributed by atoms with E-state index >= 15 is 0 Å². The molecular weight excluding hydrogens is 335 g/mol. The molecule has 0 aliphatic rings. The van der Waals surface area contributed by atoms with Crippen molar-refractivity contribution in [2.45, 2.75) is 6.10 Å². The highest BCUT2D eigenvalue weighted by Crippen LogP contribution is 2.26. The number of carbonyl (C=O) groups is 1. The van der Waals surface area contributed by atoms with Crippen molar-refractivity contribution in [2.24, 2.45) is 0 Å². The molecule has 2 aromatic carbocycles. The number of rotatable bonds is 4. The van der Waals surface area contributed by atoms with Gasteiger partial charge in [-0.3, -0.25) is 4.79 Å². The lowest BCUT2D eigenvalue weighted by molar-refractivity contribution is 0.0916. The Morgan fingerprint density at radius 2 is 2.00 bits per heavy atom. The first-order valence-corrected chi connectivity index (χ1v) is 7.78. The summed E-state index contributed by atoms with van der Waals surface area (Å²) in [5, 5.41) is 14.7. The van der Waals surface area contributed by atoms with E-state index in [0.29, 0.717) is 21.2 Å². The number of fused-ring (bicyclic) bond motifs is 1. The average Bonchev–Trinajstić information content (AvgIpc) is 2.99. The number of amides is 1. The fourth-order valence-corrected chi connectivity index (χ4v) is 2.90. The maximum absolute atomic E-state index is 12.2. The lowest BCUT2D eigenvalue weighted by Crippen LogP contribution is -2.28. The second kappa shape index (κ2) is 6.62. The normalized spacial score (nSPS) is 12.3. The summed E-state index contributed by atoms with van der Waals surface area (Å²) in [7, 11) is 0. The molecule has 1 heterocycles. The third-order valence-corrected chi connectivity index (χ3v) is 4.16. The number of aliphatic hydroxyl groups is 1. The molecule has 1 atom stereocenters. The van der Waals surface area contributed by atoms with Gasteiger partial charge in [0.15, 0.2) is 0 Å².